The molecule has 76 valence electrons. The Kier molecular flexibility index (Phi) is 2.43. The average Bonchev–Trinajstić information content (AvgIpc) is 2.87. The van der Waals surface area contributed by atoms with Gasteiger partial charge in [0, 0.05) is 5.54 Å². The van der Waals surface area contributed by atoms with Gasteiger partial charge in [-0.3, -0.25) is 0 Å². The van der Waals surface area contributed by atoms with Gasteiger partial charge in [-0.15, -0.1) is 0 Å². The van der Waals surface area contributed by atoms with Crippen LogP contribution in [0.2, 0.25) is 15.1 Å². The number of rotatable bonds is 1. The second-order valence-corrected chi connectivity index (χ2v) is 4.64. The Hall–Kier alpha value is -0.0200. The normalized spacial score (nSPS) is 18.4. The molecule has 2 N–H and O–H groups in total. The van der Waals surface area contributed by atoms with Crippen molar-refractivity contribution in [3.8, 4) is 0 Å². The highest BCUT2D eigenvalue weighted by Gasteiger charge is 2.42. The van der Waals surface area contributed by atoms with Crippen LogP contribution in [0.5, 0.6) is 0 Å². The van der Waals surface area contributed by atoms with Gasteiger partial charge in [0.2, 0.25) is 0 Å². The highest BCUT2D eigenvalue weighted by atomic mass is 35.5. The number of hydrogen-bond acceptors (Lipinski definition) is 1. The summed E-state index contributed by atoms with van der Waals surface area (Å²) in [6.45, 7) is 0. The third-order valence-electron chi connectivity index (χ3n) is 2.43. The molecule has 1 nitrogen and oxygen atoms in total. The Morgan fingerprint density at radius 2 is 1.71 bits per heavy atom. The van der Waals surface area contributed by atoms with Crippen LogP contribution in [0, 0.1) is 5.82 Å². The smallest absolute Gasteiger partial charge is 0.143 e. The molecule has 5 heteroatoms. The van der Waals surface area contributed by atoms with Gasteiger partial charge in [-0.2, -0.15) is 0 Å². The van der Waals surface area contributed by atoms with Crippen molar-refractivity contribution in [2.24, 2.45) is 5.73 Å². The maximum atomic E-state index is 13.2. The van der Waals surface area contributed by atoms with Gasteiger partial charge in [-0.1, -0.05) is 34.8 Å². The first-order chi connectivity index (χ1) is 6.46. The van der Waals surface area contributed by atoms with Crippen LogP contribution in [0.4, 0.5) is 4.39 Å². The fourth-order valence-electron chi connectivity index (χ4n) is 1.34. The molecule has 0 unspecified atom stereocenters. The summed E-state index contributed by atoms with van der Waals surface area (Å²) >= 11 is 17.3. The Labute approximate surface area is 95.9 Å². The van der Waals surface area contributed by atoms with Gasteiger partial charge in [-0.25, -0.2) is 4.39 Å². The molecule has 1 aromatic rings. The summed E-state index contributed by atoms with van der Waals surface area (Å²) in [4.78, 5) is 0. The van der Waals surface area contributed by atoms with Crippen LogP contribution in [0.15, 0.2) is 6.07 Å². The van der Waals surface area contributed by atoms with Crippen LogP contribution in [0.25, 0.3) is 0 Å². The van der Waals surface area contributed by atoms with E-state index in [1.54, 1.807) is 0 Å². The van der Waals surface area contributed by atoms with E-state index in [1.807, 2.05) is 0 Å². The van der Waals surface area contributed by atoms with E-state index < -0.39 is 11.4 Å². The molecular formula is C9H7Cl3FN. The van der Waals surface area contributed by atoms with Crippen molar-refractivity contribution < 1.29 is 4.39 Å². The van der Waals surface area contributed by atoms with Gasteiger partial charge in [0.25, 0.3) is 0 Å². The van der Waals surface area contributed by atoms with E-state index in [9.17, 15) is 4.39 Å². The minimum atomic E-state index is -0.576. The summed E-state index contributed by atoms with van der Waals surface area (Å²) in [6.07, 6.45) is 1.59. The molecule has 0 heterocycles. The zero-order valence-electron chi connectivity index (χ0n) is 7.08. The van der Waals surface area contributed by atoms with Crippen LogP contribution < -0.4 is 5.73 Å². The quantitative estimate of drug-likeness (QED) is 0.600. The average molecular weight is 255 g/mol. The molecule has 0 saturated heterocycles. The van der Waals surface area contributed by atoms with E-state index in [-0.39, 0.29) is 15.1 Å². The Morgan fingerprint density at radius 1 is 1.14 bits per heavy atom. The summed E-state index contributed by atoms with van der Waals surface area (Å²) in [5.74, 6) is -0.576. The SMILES string of the molecule is NC1(c2cc(F)c(Cl)c(Cl)c2Cl)CC1. The fraction of sp³-hybridized carbons (Fsp3) is 0.333. The molecule has 0 bridgehead atoms. The van der Waals surface area contributed by atoms with E-state index >= 15 is 0 Å². The first-order valence-electron chi connectivity index (χ1n) is 4.08. The number of benzene rings is 1. The van der Waals surface area contributed by atoms with E-state index in [0.717, 1.165) is 12.8 Å². The van der Waals surface area contributed by atoms with Gasteiger partial charge in [0.15, 0.2) is 0 Å². The maximum absolute atomic E-state index is 13.2. The largest absolute Gasteiger partial charge is 0.321 e. The van der Waals surface area contributed by atoms with Crippen LogP contribution in [-0.4, -0.2) is 0 Å². The molecule has 0 amide bonds. The Morgan fingerprint density at radius 3 is 2.21 bits per heavy atom. The molecule has 0 radical (unpaired) electrons. The lowest BCUT2D eigenvalue weighted by Crippen LogP contribution is -2.19. The molecule has 1 saturated carbocycles. The second-order valence-electron chi connectivity index (χ2n) is 3.50. The van der Waals surface area contributed by atoms with Crippen molar-refractivity contribution in [2.45, 2.75) is 18.4 Å². The standard InChI is InChI=1S/C9H7Cl3FN/c10-6-4(9(14)1-2-9)3-5(13)7(11)8(6)12/h3H,1-2,14H2. The molecular weight excluding hydrogens is 247 g/mol. The zero-order chi connectivity index (χ0) is 10.5. The molecule has 0 aliphatic heterocycles. The van der Waals surface area contributed by atoms with Crippen LogP contribution >= 0.6 is 34.8 Å². The van der Waals surface area contributed by atoms with Crippen molar-refractivity contribution in [2.75, 3.05) is 0 Å². The highest BCUT2D eigenvalue weighted by Crippen LogP contribution is 2.48. The molecule has 1 aliphatic rings. The van der Waals surface area contributed by atoms with Gasteiger partial charge in [0.05, 0.1) is 15.1 Å². The number of hydrogen-bond donors (Lipinski definition) is 1. The summed E-state index contributed by atoms with van der Waals surface area (Å²) in [7, 11) is 0. The van der Waals surface area contributed by atoms with Crippen LogP contribution in [-0.2, 0) is 5.54 Å². The van der Waals surface area contributed by atoms with Crippen LogP contribution in [0.3, 0.4) is 0 Å². The molecule has 0 atom stereocenters. The van der Waals surface area contributed by atoms with Crippen molar-refractivity contribution in [3.63, 3.8) is 0 Å². The van der Waals surface area contributed by atoms with Gasteiger partial charge >= 0.3 is 0 Å². The fourth-order valence-corrected chi connectivity index (χ4v) is 2.07. The lowest BCUT2D eigenvalue weighted by molar-refractivity contribution is 0.619. The Bertz CT molecular complexity index is 402. The van der Waals surface area contributed by atoms with Crippen molar-refractivity contribution in [3.05, 3.63) is 32.5 Å². The van der Waals surface area contributed by atoms with Crippen molar-refractivity contribution in [1.82, 2.24) is 0 Å². The van der Waals surface area contributed by atoms with E-state index in [2.05, 4.69) is 0 Å². The Balaban J connectivity index is 2.62. The summed E-state index contributed by atoms with van der Waals surface area (Å²) < 4.78 is 13.2. The highest BCUT2D eigenvalue weighted by molar-refractivity contribution is 6.48. The van der Waals surface area contributed by atoms with Gasteiger partial charge in [0.1, 0.15) is 5.82 Å². The van der Waals surface area contributed by atoms with Crippen molar-refractivity contribution in [1.29, 1.82) is 0 Å². The summed E-state index contributed by atoms with van der Waals surface area (Å²) in [5.41, 5.74) is 5.94. The maximum Gasteiger partial charge on any atom is 0.143 e. The zero-order valence-corrected chi connectivity index (χ0v) is 9.35. The first-order valence-corrected chi connectivity index (χ1v) is 5.21. The summed E-state index contributed by atoms with van der Waals surface area (Å²) in [5, 5.41) is 0.155. The molecule has 0 aromatic heterocycles. The molecule has 1 aromatic carbocycles. The molecule has 0 spiro atoms. The minimum absolute atomic E-state index is 0.0417. The van der Waals surface area contributed by atoms with E-state index in [4.69, 9.17) is 40.5 Å². The van der Waals surface area contributed by atoms with Gasteiger partial charge in [-0.05, 0) is 24.5 Å². The van der Waals surface area contributed by atoms with Crippen LogP contribution in [0.1, 0.15) is 18.4 Å². The molecule has 2 rings (SSSR count). The first kappa shape index (κ1) is 10.5. The predicted molar refractivity (Wildman–Crippen MR) is 56.5 cm³/mol. The lowest BCUT2D eigenvalue weighted by atomic mass is 10.1. The topological polar surface area (TPSA) is 26.0 Å². The molecule has 1 aliphatic carbocycles. The second kappa shape index (κ2) is 3.24. The molecule has 14 heavy (non-hydrogen) atoms. The van der Waals surface area contributed by atoms with E-state index in [1.165, 1.54) is 6.07 Å². The van der Waals surface area contributed by atoms with E-state index in [0.29, 0.717) is 5.56 Å². The predicted octanol–water partition coefficient (Wildman–Crippen LogP) is 3.73. The number of nitrogens with two attached hydrogens (primary N) is 1. The van der Waals surface area contributed by atoms with Crippen molar-refractivity contribution >= 4 is 34.8 Å². The third kappa shape index (κ3) is 1.50. The number of halogens is 4. The lowest BCUT2D eigenvalue weighted by Gasteiger charge is -2.13. The summed E-state index contributed by atoms with van der Waals surface area (Å²) in [6, 6.07) is 1.27. The monoisotopic (exact) mass is 253 g/mol. The van der Waals surface area contributed by atoms with Gasteiger partial charge < -0.3 is 5.73 Å². The minimum Gasteiger partial charge on any atom is -0.321 e. The molecule has 1 fully saturated rings. The third-order valence-corrected chi connectivity index (χ3v) is 3.76.